The molecule has 0 bridgehead atoms. The molecule has 0 aliphatic rings. The summed E-state index contributed by atoms with van der Waals surface area (Å²) in [6.45, 7) is 0.853. The van der Waals surface area contributed by atoms with E-state index >= 15 is 0 Å². The Hall–Kier alpha value is -1.26. The van der Waals surface area contributed by atoms with Crippen LogP contribution in [-0.4, -0.2) is 38.1 Å². The maximum Gasteiger partial charge on any atom is 0.225 e. The molecule has 0 radical (unpaired) electrons. The Kier molecular flexibility index (Phi) is 5.95. The SMILES string of the molecule is CN(C)C(=O)CCOc1c(Cl)cccc1CCN. The molecule has 0 spiro atoms. The van der Waals surface area contributed by atoms with Crippen LogP contribution in [0.2, 0.25) is 5.02 Å². The van der Waals surface area contributed by atoms with Gasteiger partial charge in [-0.05, 0) is 24.6 Å². The standard InChI is InChI=1S/C13H19ClN2O2/c1-16(2)12(17)7-9-18-13-10(6-8-15)4-3-5-11(13)14/h3-5H,6-9,15H2,1-2H3. The number of rotatable bonds is 6. The smallest absolute Gasteiger partial charge is 0.225 e. The minimum absolute atomic E-state index is 0.0300. The summed E-state index contributed by atoms with van der Waals surface area (Å²) in [6, 6.07) is 5.57. The fourth-order valence-electron chi connectivity index (χ4n) is 1.53. The van der Waals surface area contributed by atoms with Gasteiger partial charge in [0.1, 0.15) is 5.75 Å². The van der Waals surface area contributed by atoms with Crippen molar-refractivity contribution in [3.8, 4) is 5.75 Å². The van der Waals surface area contributed by atoms with Gasteiger partial charge in [0.25, 0.3) is 0 Å². The number of halogens is 1. The van der Waals surface area contributed by atoms with Crippen molar-refractivity contribution in [2.75, 3.05) is 27.2 Å². The molecule has 0 aliphatic carbocycles. The minimum Gasteiger partial charge on any atom is -0.491 e. The van der Waals surface area contributed by atoms with Crippen molar-refractivity contribution in [3.05, 3.63) is 28.8 Å². The van der Waals surface area contributed by atoms with Crippen molar-refractivity contribution >= 4 is 17.5 Å². The maximum atomic E-state index is 11.4. The zero-order valence-electron chi connectivity index (χ0n) is 10.8. The van der Waals surface area contributed by atoms with Crippen molar-refractivity contribution < 1.29 is 9.53 Å². The van der Waals surface area contributed by atoms with Gasteiger partial charge < -0.3 is 15.4 Å². The summed E-state index contributed by atoms with van der Waals surface area (Å²) in [7, 11) is 3.44. The second-order valence-electron chi connectivity index (χ2n) is 4.15. The van der Waals surface area contributed by atoms with Crippen LogP contribution >= 0.6 is 11.6 Å². The molecule has 100 valence electrons. The van der Waals surface area contributed by atoms with Gasteiger partial charge in [0.05, 0.1) is 18.1 Å². The molecule has 0 saturated heterocycles. The molecular formula is C13H19ClN2O2. The van der Waals surface area contributed by atoms with E-state index in [1.54, 1.807) is 20.2 Å². The van der Waals surface area contributed by atoms with E-state index in [1.165, 1.54) is 4.90 Å². The Balaban J connectivity index is 2.63. The molecule has 2 N–H and O–H groups in total. The van der Waals surface area contributed by atoms with Crippen LogP contribution in [0.4, 0.5) is 0 Å². The largest absolute Gasteiger partial charge is 0.491 e. The molecule has 0 aliphatic heterocycles. The number of ether oxygens (including phenoxy) is 1. The van der Waals surface area contributed by atoms with E-state index in [9.17, 15) is 4.79 Å². The van der Waals surface area contributed by atoms with Crippen molar-refractivity contribution in [2.24, 2.45) is 5.73 Å². The molecule has 5 heteroatoms. The maximum absolute atomic E-state index is 11.4. The van der Waals surface area contributed by atoms with E-state index in [-0.39, 0.29) is 5.91 Å². The van der Waals surface area contributed by atoms with E-state index in [1.807, 2.05) is 12.1 Å². The van der Waals surface area contributed by atoms with Gasteiger partial charge in [0.2, 0.25) is 5.91 Å². The van der Waals surface area contributed by atoms with Crippen molar-refractivity contribution in [1.82, 2.24) is 4.90 Å². The van der Waals surface area contributed by atoms with Crippen molar-refractivity contribution in [3.63, 3.8) is 0 Å². The average Bonchev–Trinajstić information content (AvgIpc) is 2.32. The second kappa shape index (κ2) is 7.24. The third-order valence-electron chi connectivity index (χ3n) is 2.52. The number of para-hydroxylation sites is 1. The highest BCUT2D eigenvalue weighted by Crippen LogP contribution is 2.29. The van der Waals surface area contributed by atoms with Gasteiger partial charge >= 0.3 is 0 Å². The lowest BCUT2D eigenvalue weighted by Crippen LogP contribution is -2.23. The highest BCUT2D eigenvalue weighted by molar-refractivity contribution is 6.32. The third-order valence-corrected chi connectivity index (χ3v) is 2.82. The summed E-state index contributed by atoms with van der Waals surface area (Å²) in [5.41, 5.74) is 6.51. The molecule has 4 nitrogen and oxygen atoms in total. The predicted molar refractivity (Wildman–Crippen MR) is 73.0 cm³/mol. The summed E-state index contributed by atoms with van der Waals surface area (Å²) in [6.07, 6.45) is 1.04. The first kappa shape index (κ1) is 14.8. The summed E-state index contributed by atoms with van der Waals surface area (Å²) < 4.78 is 5.61. The Labute approximate surface area is 113 Å². The quantitative estimate of drug-likeness (QED) is 0.856. The number of carbonyl (C=O) groups excluding carboxylic acids is 1. The van der Waals surface area contributed by atoms with E-state index in [0.29, 0.717) is 36.8 Å². The van der Waals surface area contributed by atoms with Crippen LogP contribution in [0, 0.1) is 0 Å². The van der Waals surface area contributed by atoms with Crippen LogP contribution in [-0.2, 0) is 11.2 Å². The zero-order chi connectivity index (χ0) is 13.5. The van der Waals surface area contributed by atoms with Gasteiger partial charge in [-0.2, -0.15) is 0 Å². The fourth-order valence-corrected chi connectivity index (χ4v) is 1.78. The van der Waals surface area contributed by atoms with Crippen LogP contribution in [0.15, 0.2) is 18.2 Å². The second-order valence-corrected chi connectivity index (χ2v) is 4.56. The first-order chi connectivity index (χ1) is 8.56. The Bertz CT molecular complexity index is 408. The zero-order valence-corrected chi connectivity index (χ0v) is 11.5. The first-order valence-electron chi connectivity index (χ1n) is 5.86. The fraction of sp³-hybridized carbons (Fsp3) is 0.462. The van der Waals surface area contributed by atoms with Gasteiger partial charge in [-0.15, -0.1) is 0 Å². The lowest BCUT2D eigenvalue weighted by molar-refractivity contribution is -0.129. The predicted octanol–water partition coefficient (Wildman–Crippen LogP) is 1.70. The molecule has 18 heavy (non-hydrogen) atoms. The molecule has 1 aromatic carbocycles. The normalized spacial score (nSPS) is 10.2. The lowest BCUT2D eigenvalue weighted by atomic mass is 10.1. The van der Waals surface area contributed by atoms with Crippen LogP contribution in [0.3, 0.4) is 0 Å². The topological polar surface area (TPSA) is 55.6 Å². The number of nitrogens with zero attached hydrogens (tertiary/aromatic N) is 1. The summed E-state index contributed by atoms with van der Waals surface area (Å²) in [5, 5.41) is 0.554. The first-order valence-corrected chi connectivity index (χ1v) is 6.24. The number of nitrogens with two attached hydrogens (primary N) is 1. The number of carbonyl (C=O) groups is 1. The molecule has 0 aromatic heterocycles. The van der Waals surface area contributed by atoms with Gasteiger partial charge in [-0.1, -0.05) is 23.7 Å². The van der Waals surface area contributed by atoms with Gasteiger partial charge in [-0.25, -0.2) is 0 Å². The summed E-state index contributed by atoms with van der Waals surface area (Å²) in [4.78, 5) is 13.0. The Morgan fingerprint density at radius 3 is 2.78 bits per heavy atom. The monoisotopic (exact) mass is 270 g/mol. The van der Waals surface area contributed by atoms with E-state index < -0.39 is 0 Å². The Morgan fingerprint density at radius 2 is 2.17 bits per heavy atom. The van der Waals surface area contributed by atoms with E-state index in [4.69, 9.17) is 22.1 Å². The molecule has 0 saturated carbocycles. The Morgan fingerprint density at radius 1 is 1.44 bits per heavy atom. The number of amides is 1. The summed E-state index contributed by atoms with van der Waals surface area (Å²) in [5.74, 6) is 0.665. The summed E-state index contributed by atoms with van der Waals surface area (Å²) >= 11 is 6.08. The molecule has 1 amide bonds. The van der Waals surface area contributed by atoms with E-state index in [0.717, 1.165) is 5.56 Å². The van der Waals surface area contributed by atoms with Crippen molar-refractivity contribution in [1.29, 1.82) is 0 Å². The lowest BCUT2D eigenvalue weighted by Gasteiger charge is -2.14. The van der Waals surface area contributed by atoms with Gasteiger partial charge in [0, 0.05) is 14.1 Å². The van der Waals surface area contributed by atoms with Gasteiger partial charge in [0.15, 0.2) is 0 Å². The van der Waals surface area contributed by atoms with Crippen LogP contribution in [0.1, 0.15) is 12.0 Å². The molecule has 0 atom stereocenters. The van der Waals surface area contributed by atoms with Crippen LogP contribution < -0.4 is 10.5 Å². The number of hydrogen-bond donors (Lipinski definition) is 1. The minimum atomic E-state index is 0.0300. The van der Waals surface area contributed by atoms with E-state index in [2.05, 4.69) is 0 Å². The molecule has 0 fully saturated rings. The van der Waals surface area contributed by atoms with Crippen LogP contribution in [0.25, 0.3) is 0 Å². The molecule has 1 aromatic rings. The third kappa shape index (κ3) is 4.20. The number of hydrogen-bond acceptors (Lipinski definition) is 3. The molecular weight excluding hydrogens is 252 g/mol. The molecule has 1 rings (SSSR count). The molecule has 0 unspecified atom stereocenters. The highest BCUT2D eigenvalue weighted by Gasteiger charge is 2.09. The average molecular weight is 271 g/mol. The van der Waals surface area contributed by atoms with Crippen molar-refractivity contribution in [2.45, 2.75) is 12.8 Å². The highest BCUT2D eigenvalue weighted by atomic mass is 35.5. The van der Waals surface area contributed by atoms with Gasteiger partial charge in [-0.3, -0.25) is 4.79 Å². The molecule has 0 heterocycles. The van der Waals surface area contributed by atoms with Crippen LogP contribution in [0.5, 0.6) is 5.75 Å². The number of benzene rings is 1.